The molecule has 0 saturated heterocycles. The number of hydrazine groups is 1. The number of aromatic nitrogens is 3. The summed E-state index contributed by atoms with van der Waals surface area (Å²) in [5.74, 6) is 0.182. The van der Waals surface area contributed by atoms with Gasteiger partial charge in [0.25, 0.3) is 5.69 Å². The van der Waals surface area contributed by atoms with Gasteiger partial charge in [-0.05, 0) is 26.8 Å². The molecule has 2 aromatic heterocycles. The van der Waals surface area contributed by atoms with Crippen LogP contribution in [0.2, 0.25) is 0 Å². The maximum absolute atomic E-state index is 12.8. The Balaban J connectivity index is 1.99. The predicted molar refractivity (Wildman–Crippen MR) is 107 cm³/mol. The number of carbonyl (C=O) groups excluding carboxylic acids is 2. The zero-order valence-electron chi connectivity index (χ0n) is 15.8. The number of H-pyrrole nitrogens is 1. The van der Waals surface area contributed by atoms with E-state index in [1.807, 2.05) is 0 Å². The van der Waals surface area contributed by atoms with Crippen molar-refractivity contribution in [3.8, 4) is 0 Å². The van der Waals surface area contributed by atoms with E-state index >= 15 is 0 Å². The Morgan fingerprint density at radius 3 is 2.86 bits per heavy atom. The van der Waals surface area contributed by atoms with Crippen LogP contribution in [0.1, 0.15) is 26.5 Å². The third-order valence-electron chi connectivity index (χ3n) is 3.57. The molecule has 0 radical (unpaired) electrons. The smallest absolute Gasteiger partial charge is 0.436 e. The van der Waals surface area contributed by atoms with Crippen LogP contribution >= 0.6 is 11.3 Å². The number of benzene rings is 1. The highest BCUT2D eigenvalue weighted by molar-refractivity contribution is 7.14. The van der Waals surface area contributed by atoms with E-state index in [4.69, 9.17) is 4.74 Å². The Morgan fingerprint density at radius 1 is 1.45 bits per heavy atom. The maximum atomic E-state index is 12.8. The largest absolute Gasteiger partial charge is 0.442 e. The van der Waals surface area contributed by atoms with E-state index in [9.17, 15) is 19.7 Å². The van der Waals surface area contributed by atoms with Gasteiger partial charge < -0.3 is 9.53 Å². The van der Waals surface area contributed by atoms with Crippen molar-refractivity contribution in [1.82, 2.24) is 15.2 Å². The monoisotopic (exact) mass is 418 g/mol. The number of hydrogen-bond acceptors (Lipinski definition) is 9. The van der Waals surface area contributed by atoms with Crippen LogP contribution < -0.4 is 10.4 Å². The SMILES string of the molecule is CC(C)(C)OC(=O)N(Nc1n[nH]c2ccc([N+](=O)[O-])cc12)c1nc(CC=O)cs1. The Labute approximate surface area is 168 Å². The first kappa shape index (κ1) is 20.2. The molecule has 0 aliphatic carbocycles. The highest BCUT2D eigenvalue weighted by Crippen LogP contribution is 2.28. The van der Waals surface area contributed by atoms with Crippen LogP contribution in [-0.4, -0.2) is 38.1 Å². The number of nitro groups is 1. The number of non-ortho nitro benzene ring substituents is 1. The van der Waals surface area contributed by atoms with Crippen LogP contribution in [0.3, 0.4) is 0 Å². The first-order valence-electron chi connectivity index (χ1n) is 8.48. The van der Waals surface area contributed by atoms with Crippen molar-refractivity contribution in [2.24, 2.45) is 0 Å². The average molecular weight is 418 g/mol. The number of amides is 1. The van der Waals surface area contributed by atoms with E-state index in [-0.39, 0.29) is 23.1 Å². The molecule has 0 aliphatic heterocycles. The van der Waals surface area contributed by atoms with E-state index in [0.29, 0.717) is 22.9 Å². The molecule has 0 unspecified atom stereocenters. The molecule has 2 N–H and O–H groups in total. The normalized spacial score (nSPS) is 11.3. The topological polar surface area (TPSA) is 143 Å². The Kier molecular flexibility index (Phi) is 5.46. The fourth-order valence-electron chi connectivity index (χ4n) is 2.36. The predicted octanol–water partition coefficient (Wildman–Crippen LogP) is 3.44. The summed E-state index contributed by atoms with van der Waals surface area (Å²) in [7, 11) is 0. The maximum Gasteiger partial charge on any atom is 0.436 e. The molecule has 3 rings (SSSR count). The first-order valence-corrected chi connectivity index (χ1v) is 9.36. The van der Waals surface area contributed by atoms with E-state index in [1.54, 1.807) is 26.2 Å². The number of rotatable bonds is 6. The van der Waals surface area contributed by atoms with Gasteiger partial charge in [0.15, 0.2) is 5.82 Å². The molecule has 2 heterocycles. The fraction of sp³-hybridized carbons (Fsp3) is 0.294. The van der Waals surface area contributed by atoms with Gasteiger partial charge in [0, 0.05) is 23.9 Å². The molecule has 0 saturated carbocycles. The lowest BCUT2D eigenvalue weighted by Crippen LogP contribution is -2.40. The van der Waals surface area contributed by atoms with Gasteiger partial charge in [-0.25, -0.2) is 9.78 Å². The van der Waals surface area contributed by atoms with Crippen molar-refractivity contribution >= 4 is 51.3 Å². The summed E-state index contributed by atoms with van der Waals surface area (Å²) in [6.45, 7) is 5.15. The zero-order valence-corrected chi connectivity index (χ0v) is 16.6. The number of ether oxygens (including phenoxy) is 1. The summed E-state index contributed by atoms with van der Waals surface area (Å²) in [4.78, 5) is 38.3. The zero-order chi connectivity index (χ0) is 21.2. The number of fused-ring (bicyclic) bond motifs is 1. The fourth-order valence-corrected chi connectivity index (χ4v) is 3.15. The number of nitrogens with one attached hydrogen (secondary N) is 2. The van der Waals surface area contributed by atoms with Gasteiger partial charge in [0.05, 0.1) is 21.5 Å². The van der Waals surface area contributed by atoms with Gasteiger partial charge in [-0.2, -0.15) is 10.1 Å². The Hall–Kier alpha value is -3.54. The quantitative estimate of drug-likeness (QED) is 0.352. The number of anilines is 2. The molecule has 0 spiro atoms. The minimum atomic E-state index is -0.771. The third-order valence-corrected chi connectivity index (χ3v) is 4.45. The van der Waals surface area contributed by atoms with Gasteiger partial charge >= 0.3 is 6.09 Å². The van der Waals surface area contributed by atoms with E-state index in [0.717, 1.165) is 16.3 Å². The van der Waals surface area contributed by atoms with E-state index < -0.39 is 16.6 Å². The molecule has 11 nitrogen and oxygen atoms in total. The van der Waals surface area contributed by atoms with Gasteiger partial charge in [0.2, 0.25) is 5.13 Å². The van der Waals surface area contributed by atoms with Gasteiger partial charge in [-0.1, -0.05) is 0 Å². The molecular formula is C17H18N6O5S. The Morgan fingerprint density at radius 2 is 2.21 bits per heavy atom. The van der Waals surface area contributed by atoms with Crippen LogP contribution in [-0.2, 0) is 16.0 Å². The Bertz CT molecular complexity index is 1070. The van der Waals surface area contributed by atoms with E-state index in [1.165, 1.54) is 18.2 Å². The summed E-state index contributed by atoms with van der Waals surface area (Å²) >= 11 is 1.13. The first-order chi connectivity index (χ1) is 13.7. The molecule has 1 amide bonds. The second-order valence-corrected chi connectivity index (χ2v) is 7.82. The minimum Gasteiger partial charge on any atom is -0.442 e. The lowest BCUT2D eigenvalue weighted by atomic mass is 10.2. The highest BCUT2D eigenvalue weighted by Gasteiger charge is 2.27. The number of thiazole rings is 1. The van der Waals surface area contributed by atoms with Crippen LogP contribution in [0.25, 0.3) is 10.9 Å². The molecule has 12 heteroatoms. The van der Waals surface area contributed by atoms with E-state index in [2.05, 4.69) is 20.6 Å². The molecule has 0 fully saturated rings. The van der Waals surface area contributed by atoms with Gasteiger partial charge in [-0.3, -0.25) is 20.6 Å². The van der Waals surface area contributed by atoms with Crippen molar-refractivity contribution < 1.29 is 19.2 Å². The second kappa shape index (κ2) is 7.83. The number of carbonyl (C=O) groups is 2. The van der Waals surface area contributed by atoms with Gasteiger partial charge in [-0.15, -0.1) is 11.3 Å². The van der Waals surface area contributed by atoms with Crippen molar-refractivity contribution in [3.05, 3.63) is 39.4 Å². The minimum absolute atomic E-state index is 0.107. The molecule has 0 aliphatic rings. The average Bonchev–Trinajstić information content (AvgIpc) is 3.24. The highest BCUT2D eigenvalue weighted by atomic mass is 32.1. The lowest BCUT2D eigenvalue weighted by molar-refractivity contribution is -0.384. The molecule has 1 aromatic carbocycles. The summed E-state index contributed by atoms with van der Waals surface area (Å²) in [5.41, 5.74) is 2.97. The molecule has 0 atom stereocenters. The van der Waals surface area contributed by atoms with Crippen LogP contribution in [0, 0.1) is 10.1 Å². The number of aromatic amines is 1. The van der Waals surface area contributed by atoms with Crippen molar-refractivity contribution in [1.29, 1.82) is 0 Å². The van der Waals surface area contributed by atoms with Crippen molar-refractivity contribution in [3.63, 3.8) is 0 Å². The standard InChI is InChI=1S/C17H18N6O5S/c1-17(2,3)28-16(25)22(15-18-10(6-7-24)9-29-15)21-14-12-8-11(23(26)27)4-5-13(12)19-20-14/h4-5,7-9H,6H2,1-3H3,(H2,19,20,21). The second-order valence-electron chi connectivity index (χ2n) is 6.98. The van der Waals surface area contributed by atoms with Crippen LogP contribution in [0.15, 0.2) is 23.6 Å². The number of nitrogens with zero attached hydrogens (tertiary/aromatic N) is 4. The molecule has 29 heavy (non-hydrogen) atoms. The van der Waals surface area contributed by atoms with Crippen LogP contribution in [0.5, 0.6) is 0 Å². The van der Waals surface area contributed by atoms with Crippen molar-refractivity contribution in [2.75, 3.05) is 10.4 Å². The summed E-state index contributed by atoms with van der Waals surface area (Å²) in [6, 6.07) is 4.21. The lowest BCUT2D eigenvalue weighted by Gasteiger charge is -2.25. The summed E-state index contributed by atoms with van der Waals surface area (Å²) in [5, 5.41) is 21.3. The molecule has 152 valence electrons. The summed E-state index contributed by atoms with van der Waals surface area (Å²) in [6.07, 6.45) is 0.0757. The van der Waals surface area contributed by atoms with Crippen molar-refractivity contribution in [2.45, 2.75) is 32.8 Å². The number of nitro benzene ring substituents is 1. The molecule has 3 aromatic rings. The number of aldehydes is 1. The molecular weight excluding hydrogens is 400 g/mol. The third kappa shape index (κ3) is 4.66. The molecule has 0 bridgehead atoms. The summed E-state index contributed by atoms with van der Waals surface area (Å²) < 4.78 is 5.42. The van der Waals surface area contributed by atoms with Crippen LogP contribution in [0.4, 0.5) is 21.4 Å². The number of hydrogen-bond donors (Lipinski definition) is 2. The van der Waals surface area contributed by atoms with Gasteiger partial charge in [0.1, 0.15) is 11.9 Å².